The van der Waals surface area contributed by atoms with Gasteiger partial charge in [-0.25, -0.2) is 0 Å². The first kappa shape index (κ1) is 19.0. The average Bonchev–Trinajstić information content (AvgIpc) is 3.41. The van der Waals surface area contributed by atoms with Crippen molar-refractivity contribution in [1.82, 2.24) is 14.8 Å². The highest BCUT2D eigenvalue weighted by Gasteiger charge is 2.66. The molecule has 6 nitrogen and oxygen atoms in total. The van der Waals surface area contributed by atoms with E-state index in [-0.39, 0.29) is 17.9 Å². The fraction of sp³-hybridized carbons (Fsp3) is 0.375. The topological polar surface area (TPSA) is 62.7 Å². The van der Waals surface area contributed by atoms with Crippen LogP contribution in [0.1, 0.15) is 11.1 Å². The average molecular weight is 403 g/mol. The maximum atomic E-state index is 13.3. The highest BCUT2D eigenvalue weighted by Crippen LogP contribution is 2.52. The molecule has 154 valence electrons. The lowest BCUT2D eigenvalue weighted by Gasteiger charge is -2.28. The molecule has 0 aliphatic carbocycles. The Hall–Kier alpha value is -2.99. The molecule has 4 atom stereocenters. The third-order valence-corrected chi connectivity index (χ3v) is 6.52. The Bertz CT molecular complexity index is 978. The quantitative estimate of drug-likeness (QED) is 0.693. The SMILES string of the molecule is CN(Cc1ccccc1)C(=O)[C@H]1[C@@H]2C=C[C@@]3(CN(CCc4ccncc4)C(=O)[C@H]13)O2. The van der Waals surface area contributed by atoms with Crippen molar-refractivity contribution in [3.05, 3.63) is 78.1 Å². The zero-order valence-electron chi connectivity index (χ0n) is 17.0. The maximum Gasteiger partial charge on any atom is 0.230 e. The molecule has 0 unspecified atom stereocenters. The molecule has 1 spiro atoms. The summed E-state index contributed by atoms with van der Waals surface area (Å²) in [5.74, 6) is -0.885. The zero-order chi connectivity index (χ0) is 20.7. The second-order valence-corrected chi connectivity index (χ2v) is 8.45. The van der Waals surface area contributed by atoms with E-state index in [1.807, 2.05) is 59.5 Å². The van der Waals surface area contributed by atoms with E-state index in [4.69, 9.17) is 4.74 Å². The summed E-state index contributed by atoms with van der Waals surface area (Å²) in [6.45, 7) is 1.65. The van der Waals surface area contributed by atoms with E-state index >= 15 is 0 Å². The van der Waals surface area contributed by atoms with Crippen molar-refractivity contribution in [3.63, 3.8) is 0 Å². The summed E-state index contributed by atoms with van der Waals surface area (Å²) in [7, 11) is 1.80. The largest absolute Gasteiger partial charge is 0.360 e. The number of benzene rings is 1. The number of pyridine rings is 1. The van der Waals surface area contributed by atoms with Crippen molar-refractivity contribution >= 4 is 11.8 Å². The van der Waals surface area contributed by atoms with Crippen LogP contribution < -0.4 is 0 Å². The molecule has 4 heterocycles. The summed E-state index contributed by atoms with van der Waals surface area (Å²) < 4.78 is 6.24. The second kappa shape index (κ2) is 7.36. The van der Waals surface area contributed by atoms with Gasteiger partial charge in [0.25, 0.3) is 0 Å². The summed E-state index contributed by atoms with van der Waals surface area (Å²) in [5, 5.41) is 0. The van der Waals surface area contributed by atoms with Crippen LogP contribution in [0, 0.1) is 11.8 Å². The lowest BCUT2D eigenvalue weighted by molar-refractivity contribution is -0.142. The summed E-state index contributed by atoms with van der Waals surface area (Å²) in [6.07, 6.45) is 7.95. The van der Waals surface area contributed by atoms with Gasteiger partial charge < -0.3 is 14.5 Å². The van der Waals surface area contributed by atoms with E-state index in [2.05, 4.69) is 4.98 Å². The molecular formula is C24H25N3O3. The second-order valence-electron chi connectivity index (χ2n) is 8.45. The van der Waals surface area contributed by atoms with Crippen LogP contribution in [-0.4, -0.2) is 58.4 Å². The van der Waals surface area contributed by atoms with Crippen molar-refractivity contribution in [2.75, 3.05) is 20.1 Å². The van der Waals surface area contributed by atoms with Crippen LogP contribution >= 0.6 is 0 Å². The van der Waals surface area contributed by atoms with Crippen LogP contribution in [0.3, 0.4) is 0 Å². The fourth-order valence-electron chi connectivity index (χ4n) is 5.05. The van der Waals surface area contributed by atoms with Gasteiger partial charge in [-0.05, 0) is 29.7 Å². The Kier molecular flexibility index (Phi) is 4.66. The molecule has 1 aromatic heterocycles. The Labute approximate surface area is 176 Å². The number of aromatic nitrogens is 1. The number of amides is 2. The molecule has 5 rings (SSSR count). The van der Waals surface area contributed by atoms with E-state index in [1.54, 1.807) is 24.3 Å². The molecule has 30 heavy (non-hydrogen) atoms. The van der Waals surface area contributed by atoms with E-state index < -0.39 is 17.4 Å². The minimum absolute atomic E-state index is 0.0237. The van der Waals surface area contributed by atoms with Gasteiger partial charge in [-0.1, -0.05) is 42.5 Å². The summed E-state index contributed by atoms with van der Waals surface area (Å²) in [5.41, 5.74) is 1.55. The molecule has 0 radical (unpaired) electrons. The third-order valence-electron chi connectivity index (χ3n) is 6.52. The number of nitrogens with zero attached hydrogens (tertiary/aromatic N) is 3. The van der Waals surface area contributed by atoms with Gasteiger partial charge in [-0.3, -0.25) is 14.6 Å². The van der Waals surface area contributed by atoms with Crippen LogP contribution in [0.4, 0.5) is 0 Å². The lowest BCUT2D eigenvalue weighted by Crippen LogP contribution is -2.44. The van der Waals surface area contributed by atoms with Crippen LogP contribution in [0.5, 0.6) is 0 Å². The van der Waals surface area contributed by atoms with Gasteiger partial charge in [-0.2, -0.15) is 0 Å². The molecule has 2 aromatic rings. The number of hydrogen-bond donors (Lipinski definition) is 0. The molecule has 1 aromatic carbocycles. The molecule has 0 saturated carbocycles. The van der Waals surface area contributed by atoms with E-state index in [0.29, 0.717) is 19.6 Å². The Balaban J connectivity index is 1.31. The van der Waals surface area contributed by atoms with Crippen molar-refractivity contribution in [1.29, 1.82) is 0 Å². The Morgan fingerprint density at radius 3 is 2.73 bits per heavy atom. The summed E-state index contributed by atoms with van der Waals surface area (Å²) in [4.78, 5) is 34.3. The van der Waals surface area contributed by atoms with E-state index in [0.717, 1.165) is 17.5 Å². The van der Waals surface area contributed by atoms with Gasteiger partial charge in [0, 0.05) is 32.5 Å². The zero-order valence-corrected chi connectivity index (χ0v) is 17.0. The summed E-state index contributed by atoms with van der Waals surface area (Å²) in [6, 6.07) is 13.8. The number of rotatable bonds is 6. The normalized spacial score (nSPS) is 28.8. The predicted octanol–water partition coefficient (Wildman–Crippen LogP) is 2.06. The Morgan fingerprint density at radius 2 is 1.97 bits per heavy atom. The standard InChI is InChI=1S/C24H25N3O3/c1-26(15-18-5-3-2-4-6-18)22(28)20-19-7-11-24(30-19)16-27(23(29)21(20)24)14-10-17-8-12-25-13-9-17/h2-9,11-13,19-21H,10,14-16H2,1H3/t19-,20-,21-,24-/m0/s1. The number of carbonyl (C=O) groups is 2. The minimum Gasteiger partial charge on any atom is -0.360 e. The molecule has 2 amide bonds. The molecule has 3 aliphatic heterocycles. The highest BCUT2D eigenvalue weighted by atomic mass is 16.5. The van der Waals surface area contributed by atoms with Gasteiger partial charge in [0.15, 0.2) is 0 Å². The van der Waals surface area contributed by atoms with Gasteiger partial charge in [0.05, 0.1) is 24.5 Å². The maximum absolute atomic E-state index is 13.3. The van der Waals surface area contributed by atoms with Crippen molar-refractivity contribution in [2.45, 2.75) is 24.7 Å². The first-order chi connectivity index (χ1) is 14.6. The monoisotopic (exact) mass is 403 g/mol. The van der Waals surface area contributed by atoms with Crippen LogP contribution in [0.2, 0.25) is 0 Å². The third kappa shape index (κ3) is 3.12. The first-order valence-electron chi connectivity index (χ1n) is 10.4. The number of fused-ring (bicyclic) bond motifs is 1. The van der Waals surface area contributed by atoms with E-state index in [9.17, 15) is 9.59 Å². The highest BCUT2D eigenvalue weighted by molar-refractivity contribution is 5.93. The lowest BCUT2D eigenvalue weighted by atomic mass is 9.76. The molecule has 0 N–H and O–H groups in total. The minimum atomic E-state index is -0.659. The molecule has 2 saturated heterocycles. The van der Waals surface area contributed by atoms with Gasteiger partial charge >= 0.3 is 0 Å². The van der Waals surface area contributed by atoms with Crippen molar-refractivity contribution in [2.24, 2.45) is 11.8 Å². The number of likely N-dealkylation sites (tertiary alicyclic amines) is 1. The van der Waals surface area contributed by atoms with Crippen LogP contribution in [-0.2, 0) is 27.3 Å². The van der Waals surface area contributed by atoms with Gasteiger partial charge in [-0.15, -0.1) is 0 Å². The smallest absolute Gasteiger partial charge is 0.230 e. The van der Waals surface area contributed by atoms with Gasteiger partial charge in [0.2, 0.25) is 11.8 Å². The van der Waals surface area contributed by atoms with Crippen LogP contribution in [0.25, 0.3) is 0 Å². The first-order valence-corrected chi connectivity index (χ1v) is 10.4. The molecule has 3 aliphatic rings. The number of hydrogen-bond acceptors (Lipinski definition) is 4. The number of ether oxygens (including phenoxy) is 1. The van der Waals surface area contributed by atoms with Crippen molar-refractivity contribution in [3.8, 4) is 0 Å². The molecule has 2 bridgehead atoms. The predicted molar refractivity (Wildman–Crippen MR) is 111 cm³/mol. The van der Waals surface area contributed by atoms with Gasteiger partial charge in [0.1, 0.15) is 5.60 Å². The van der Waals surface area contributed by atoms with Crippen LogP contribution in [0.15, 0.2) is 67.0 Å². The number of carbonyl (C=O) groups excluding carboxylic acids is 2. The summed E-state index contributed by atoms with van der Waals surface area (Å²) >= 11 is 0. The molecule has 6 heteroatoms. The Morgan fingerprint density at radius 1 is 1.20 bits per heavy atom. The van der Waals surface area contributed by atoms with E-state index in [1.165, 1.54) is 0 Å². The fourth-order valence-corrected chi connectivity index (χ4v) is 5.05. The molecule has 2 fully saturated rings. The molecular weight excluding hydrogens is 378 g/mol. The van der Waals surface area contributed by atoms with Crippen molar-refractivity contribution < 1.29 is 14.3 Å².